The molecule has 18 heteroatoms. The molecule has 0 radical (unpaired) electrons. The molecule has 1 aromatic heterocycles. The average Bonchev–Trinajstić information content (AvgIpc) is 3.47. The maximum Gasteiger partial charge on any atom is 0.262 e. The Morgan fingerprint density at radius 3 is 2.37 bits per heavy atom. The van der Waals surface area contributed by atoms with Gasteiger partial charge in [-0.2, -0.15) is 0 Å². The van der Waals surface area contributed by atoms with Gasteiger partial charge in [-0.1, -0.05) is 17.7 Å². The van der Waals surface area contributed by atoms with Crippen molar-refractivity contribution >= 4 is 74.9 Å². The fraction of sp³-hybridized carbons (Fsp3) is 0.386. The standard InChI is InChI=1S/C44H46ClF2N9O6/c1-24-20-54(37-18-29-28(16-33(37)47)43(60)56(44(29)61)36-8-9-40(58)52-42(36)59)21-25(2)55(24)22-26-10-13-53(14-11-26)12-4-5-39(57)51-35-17-30-34(19-38(35)62-3)48-23-49-41(30)50-27-6-7-32(46)31(45)15-27/h4-7,15-19,23-26,36H,8-14,20-22H2,1-3H3,(H,51,57)(H,48,49,50)(H,52,58,59)/b5-4+. The number of halogens is 3. The number of imide groups is 2. The molecule has 3 atom stereocenters. The number of nitrogens with one attached hydrogen (secondary N) is 3. The summed E-state index contributed by atoms with van der Waals surface area (Å²) in [4.78, 5) is 80.1. The third-order valence-electron chi connectivity index (χ3n) is 12.2. The number of anilines is 4. The van der Waals surface area contributed by atoms with Gasteiger partial charge >= 0.3 is 0 Å². The van der Waals surface area contributed by atoms with Gasteiger partial charge in [0.2, 0.25) is 17.7 Å². The van der Waals surface area contributed by atoms with E-state index < -0.39 is 41.3 Å². The maximum atomic E-state index is 15.7. The van der Waals surface area contributed by atoms with Crippen molar-refractivity contribution in [2.24, 2.45) is 5.92 Å². The minimum atomic E-state index is -1.12. The van der Waals surface area contributed by atoms with Crippen molar-refractivity contribution in [1.29, 1.82) is 0 Å². The number of amides is 5. The minimum absolute atomic E-state index is 0.00332. The van der Waals surface area contributed by atoms with Crippen LogP contribution in [0.2, 0.25) is 5.02 Å². The predicted octanol–water partition coefficient (Wildman–Crippen LogP) is 5.52. The molecule has 0 aliphatic carbocycles. The normalized spacial score (nSPS) is 21.5. The summed E-state index contributed by atoms with van der Waals surface area (Å²) in [6, 6.07) is 9.23. The summed E-state index contributed by atoms with van der Waals surface area (Å²) in [5, 5.41) is 8.79. The number of nitrogens with zero attached hydrogens (tertiary/aromatic N) is 6. The Morgan fingerprint density at radius 1 is 0.952 bits per heavy atom. The van der Waals surface area contributed by atoms with E-state index in [-0.39, 0.29) is 52.7 Å². The third kappa shape index (κ3) is 8.69. The quantitative estimate of drug-likeness (QED) is 0.128. The number of hydrogen-bond acceptors (Lipinski definition) is 12. The first-order valence-electron chi connectivity index (χ1n) is 20.6. The molecule has 3 saturated heterocycles. The van der Waals surface area contributed by atoms with Gasteiger partial charge in [-0.3, -0.25) is 44.0 Å². The van der Waals surface area contributed by atoms with E-state index >= 15 is 4.39 Å². The molecule has 4 aliphatic rings. The molecule has 3 unspecified atom stereocenters. The Labute approximate surface area is 361 Å². The van der Waals surface area contributed by atoms with Gasteiger partial charge in [0.15, 0.2) is 0 Å². The molecule has 5 amide bonds. The maximum absolute atomic E-state index is 15.7. The Hall–Kier alpha value is -6.04. The van der Waals surface area contributed by atoms with Gasteiger partial charge in [-0.15, -0.1) is 0 Å². The second-order valence-electron chi connectivity index (χ2n) is 16.3. The molecule has 0 saturated carbocycles. The summed E-state index contributed by atoms with van der Waals surface area (Å²) in [5.41, 5.74) is 1.75. The Morgan fingerprint density at radius 2 is 1.68 bits per heavy atom. The second-order valence-corrected chi connectivity index (χ2v) is 16.7. The highest BCUT2D eigenvalue weighted by Gasteiger charge is 2.45. The first kappa shape index (κ1) is 42.6. The SMILES string of the molecule is COc1cc2ncnc(Nc3ccc(F)c(Cl)c3)c2cc1NC(=O)/C=C/CN1CCC(CN2C(C)CN(c3cc4c(cc3F)C(=O)N(C3CCC(=O)NC3=O)C4=O)CC2C)CC1. The molecule has 3 aromatic carbocycles. The van der Waals surface area contributed by atoms with E-state index in [2.05, 4.69) is 49.6 Å². The highest BCUT2D eigenvalue weighted by Crippen LogP contribution is 2.36. The summed E-state index contributed by atoms with van der Waals surface area (Å²) < 4.78 is 35.0. The topological polar surface area (TPSA) is 169 Å². The van der Waals surface area contributed by atoms with Gasteiger partial charge in [0.25, 0.3) is 11.8 Å². The van der Waals surface area contributed by atoms with E-state index in [4.69, 9.17) is 16.3 Å². The van der Waals surface area contributed by atoms with Crippen molar-refractivity contribution in [2.45, 2.75) is 57.7 Å². The van der Waals surface area contributed by atoms with Gasteiger partial charge in [0, 0.05) is 67.9 Å². The summed E-state index contributed by atoms with van der Waals surface area (Å²) in [5.74, 6) is -2.73. The molecule has 0 bridgehead atoms. The van der Waals surface area contributed by atoms with Crippen molar-refractivity contribution in [3.05, 3.63) is 88.7 Å². The van der Waals surface area contributed by atoms with Gasteiger partial charge in [0.1, 0.15) is 35.6 Å². The first-order valence-corrected chi connectivity index (χ1v) is 21.0. The lowest BCUT2D eigenvalue weighted by atomic mass is 9.94. The lowest BCUT2D eigenvalue weighted by Crippen LogP contribution is -2.58. The van der Waals surface area contributed by atoms with Crippen LogP contribution in [0.3, 0.4) is 0 Å². The zero-order valence-electron chi connectivity index (χ0n) is 34.4. The number of carbonyl (C=O) groups is 5. The largest absolute Gasteiger partial charge is 0.494 e. The molecule has 5 heterocycles. The van der Waals surface area contributed by atoms with Crippen LogP contribution >= 0.6 is 11.6 Å². The third-order valence-corrected chi connectivity index (χ3v) is 12.4. The number of carbonyl (C=O) groups excluding carboxylic acids is 5. The highest BCUT2D eigenvalue weighted by molar-refractivity contribution is 6.31. The molecule has 3 fully saturated rings. The van der Waals surface area contributed by atoms with E-state index in [1.165, 1.54) is 37.7 Å². The lowest BCUT2D eigenvalue weighted by molar-refractivity contribution is -0.136. The fourth-order valence-corrected chi connectivity index (χ4v) is 9.11. The monoisotopic (exact) mass is 869 g/mol. The van der Waals surface area contributed by atoms with Crippen LogP contribution in [0.5, 0.6) is 5.75 Å². The highest BCUT2D eigenvalue weighted by atomic mass is 35.5. The smallest absolute Gasteiger partial charge is 0.262 e. The van der Waals surface area contributed by atoms with Crippen LogP contribution < -0.4 is 25.6 Å². The number of piperazine rings is 1. The van der Waals surface area contributed by atoms with Gasteiger partial charge in [-0.25, -0.2) is 18.7 Å². The summed E-state index contributed by atoms with van der Waals surface area (Å²) in [7, 11) is 1.51. The van der Waals surface area contributed by atoms with Gasteiger partial charge in [-0.05, 0) is 88.5 Å². The molecule has 62 heavy (non-hydrogen) atoms. The van der Waals surface area contributed by atoms with E-state index in [1.807, 2.05) is 11.0 Å². The van der Waals surface area contributed by atoms with Crippen molar-refractivity contribution in [3.63, 3.8) is 0 Å². The number of hydrogen-bond donors (Lipinski definition) is 3. The predicted molar refractivity (Wildman–Crippen MR) is 229 cm³/mol. The number of benzene rings is 3. The lowest BCUT2D eigenvalue weighted by Gasteiger charge is -2.47. The summed E-state index contributed by atoms with van der Waals surface area (Å²) in [6.07, 6.45) is 6.73. The minimum Gasteiger partial charge on any atom is -0.494 e. The second kappa shape index (κ2) is 17.7. The van der Waals surface area contributed by atoms with E-state index in [9.17, 15) is 28.4 Å². The zero-order chi connectivity index (χ0) is 43.8. The van der Waals surface area contributed by atoms with Crippen molar-refractivity contribution in [3.8, 4) is 5.75 Å². The first-order chi connectivity index (χ1) is 29.8. The van der Waals surface area contributed by atoms with Crippen molar-refractivity contribution < 1.29 is 37.5 Å². The van der Waals surface area contributed by atoms with Gasteiger partial charge in [0.05, 0.1) is 40.2 Å². The number of aromatic nitrogens is 2. The van der Waals surface area contributed by atoms with Crippen LogP contribution in [0.25, 0.3) is 10.9 Å². The Bertz CT molecular complexity index is 2490. The molecule has 4 aromatic rings. The number of likely N-dealkylation sites (tertiary alicyclic amines) is 1. The van der Waals surface area contributed by atoms with Crippen LogP contribution in [0, 0.1) is 17.6 Å². The van der Waals surface area contributed by atoms with Crippen LogP contribution in [0.4, 0.5) is 31.7 Å². The average molecular weight is 870 g/mol. The van der Waals surface area contributed by atoms with Crippen LogP contribution in [0.15, 0.2) is 60.9 Å². The molecule has 4 aliphatic heterocycles. The van der Waals surface area contributed by atoms with E-state index in [0.29, 0.717) is 59.4 Å². The molecule has 324 valence electrons. The Balaban J connectivity index is 0.828. The molecular weight excluding hydrogens is 824 g/mol. The van der Waals surface area contributed by atoms with Crippen molar-refractivity contribution in [1.82, 2.24) is 30.0 Å². The fourth-order valence-electron chi connectivity index (χ4n) is 8.93. The van der Waals surface area contributed by atoms with Crippen molar-refractivity contribution in [2.75, 3.05) is 61.9 Å². The van der Waals surface area contributed by atoms with Crippen LogP contribution in [-0.2, 0) is 14.4 Å². The molecular formula is C44H46ClF2N9O6. The number of methoxy groups -OCH3 is 1. The molecule has 15 nitrogen and oxygen atoms in total. The summed E-state index contributed by atoms with van der Waals surface area (Å²) >= 11 is 5.97. The molecule has 0 spiro atoms. The van der Waals surface area contributed by atoms with E-state index in [0.717, 1.165) is 43.4 Å². The van der Waals surface area contributed by atoms with Gasteiger partial charge < -0.3 is 20.3 Å². The van der Waals surface area contributed by atoms with Crippen LogP contribution in [-0.4, -0.2) is 119 Å². The number of piperidine rings is 2. The van der Waals surface area contributed by atoms with E-state index in [1.54, 1.807) is 18.2 Å². The van der Waals surface area contributed by atoms with Crippen LogP contribution in [0.1, 0.15) is 60.2 Å². The number of rotatable bonds is 11. The zero-order valence-corrected chi connectivity index (χ0v) is 35.2. The molecule has 3 N–H and O–H groups in total. The molecule has 8 rings (SSSR count). The number of ether oxygens (including phenoxy) is 1. The number of fused-ring (bicyclic) bond motifs is 2. The Kier molecular flexibility index (Phi) is 12.2. The summed E-state index contributed by atoms with van der Waals surface area (Å²) in [6.45, 7) is 8.50.